The van der Waals surface area contributed by atoms with Crippen LogP contribution in [0.2, 0.25) is 0 Å². The van der Waals surface area contributed by atoms with Crippen molar-refractivity contribution in [1.29, 1.82) is 0 Å². The van der Waals surface area contributed by atoms with Gasteiger partial charge in [0, 0.05) is 15.3 Å². The van der Waals surface area contributed by atoms with Gasteiger partial charge in [-0.1, -0.05) is 12.5 Å². The zero-order valence-corrected chi connectivity index (χ0v) is 16.8. The Kier molecular flexibility index (Phi) is 5.61. The van der Waals surface area contributed by atoms with Crippen molar-refractivity contribution in [2.24, 2.45) is 5.92 Å². The number of carboxylic acid groups (broad SMARTS) is 1. The average Bonchev–Trinajstić information content (AvgIpc) is 2.70. The van der Waals surface area contributed by atoms with Crippen LogP contribution in [0.4, 0.5) is 0 Å². The number of aryl methyl sites for hydroxylation is 2. The highest BCUT2D eigenvalue weighted by Crippen LogP contribution is 2.46. The van der Waals surface area contributed by atoms with E-state index in [1.54, 1.807) is 11.3 Å². The number of carboxylic acids is 1. The van der Waals surface area contributed by atoms with E-state index in [1.807, 2.05) is 27.7 Å². The van der Waals surface area contributed by atoms with Gasteiger partial charge in [-0.25, -0.2) is 4.79 Å². The van der Waals surface area contributed by atoms with Crippen LogP contribution in [0.25, 0.3) is 5.57 Å². The minimum absolute atomic E-state index is 0.467. The molecule has 0 fully saturated rings. The highest BCUT2D eigenvalue weighted by molar-refractivity contribution is 7.12. The van der Waals surface area contributed by atoms with Crippen LogP contribution >= 0.6 is 11.3 Å². The molecule has 0 saturated carbocycles. The first-order valence-corrected chi connectivity index (χ1v) is 9.55. The Morgan fingerprint density at radius 3 is 2.38 bits per heavy atom. The van der Waals surface area contributed by atoms with Crippen molar-refractivity contribution in [3.8, 4) is 0 Å². The van der Waals surface area contributed by atoms with Gasteiger partial charge in [-0.05, 0) is 77.9 Å². The molecule has 1 aliphatic rings. The molecule has 0 spiro atoms. The molecular formula is C20H30O3S. The molecule has 1 aromatic rings. The Bertz CT molecular complexity index is 661. The predicted molar refractivity (Wildman–Crippen MR) is 101 cm³/mol. The minimum atomic E-state index is -0.917. The summed E-state index contributed by atoms with van der Waals surface area (Å²) >= 11 is 1.69. The van der Waals surface area contributed by atoms with E-state index in [0.29, 0.717) is 5.92 Å². The van der Waals surface area contributed by atoms with Crippen LogP contribution in [0, 0.1) is 19.8 Å². The Balaban J connectivity index is 2.65. The molecule has 0 aliphatic heterocycles. The van der Waals surface area contributed by atoms with Gasteiger partial charge < -0.3 is 9.84 Å². The molecule has 1 heterocycles. The first kappa shape index (κ1) is 19.2. The molecule has 0 bridgehead atoms. The molecule has 24 heavy (non-hydrogen) atoms. The van der Waals surface area contributed by atoms with Crippen molar-refractivity contribution in [1.82, 2.24) is 0 Å². The quantitative estimate of drug-likeness (QED) is 0.735. The molecule has 1 N–H and O–H groups in total. The second kappa shape index (κ2) is 7.01. The van der Waals surface area contributed by atoms with E-state index in [2.05, 4.69) is 20.8 Å². The molecule has 2 atom stereocenters. The summed E-state index contributed by atoms with van der Waals surface area (Å²) in [6.45, 7) is 14.3. The van der Waals surface area contributed by atoms with Gasteiger partial charge in [0.15, 0.2) is 6.10 Å². The van der Waals surface area contributed by atoms with E-state index in [1.165, 1.54) is 22.4 Å². The van der Waals surface area contributed by atoms with Gasteiger partial charge in [0.2, 0.25) is 0 Å². The van der Waals surface area contributed by atoms with Gasteiger partial charge in [0.05, 0.1) is 5.60 Å². The van der Waals surface area contributed by atoms with E-state index < -0.39 is 17.7 Å². The van der Waals surface area contributed by atoms with Gasteiger partial charge in [0.25, 0.3) is 0 Å². The van der Waals surface area contributed by atoms with Crippen molar-refractivity contribution < 1.29 is 14.6 Å². The SMILES string of the molecule is CC1=C(c2c(C)sc(C)c2C(OC(C)(C)C)C(=O)O)C(C)CCC1. The first-order valence-electron chi connectivity index (χ1n) is 8.73. The molecule has 1 aromatic heterocycles. The molecule has 0 aromatic carbocycles. The van der Waals surface area contributed by atoms with Gasteiger partial charge in [-0.15, -0.1) is 11.3 Å². The Morgan fingerprint density at radius 2 is 1.88 bits per heavy atom. The number of hydrogen-bond donors (Lipinski definition) is 1. The summed E-state index contributed by atoms with van der Waals surface area (Å²) in [6, 6.07) is 0. The van der Waals surface area contributed by atoms with Crippen LogP contribution in [0.1, 0.15) is 80.9 Å². The average molecular weight is 351 g/mol. The Labute approximate surface area is 149 Å². The second-order valence-corrected chi connectivity index (χ2v) is 9.37. The zero-order chi connectivity index (χ0) is 18.2. The molecule has 0 amide bonds. The van der Waals surface area contributed by atoms with Gasteiger partial charge in [-0.2, -0.15) is 0 Å². The normalized spacial score (nSPS) is 20.4. The lowest BCUT2D eigenvalue weighted by Gasteiger charge is -2.29. The summed E-state index contributed by atoms with van der Waals surface area (Å²) < 4.78 is 5.97. The highest BCUT2D eigenvalue weighted by Gasteiger charge is 2.34. The molecule has 134 valence electrons. The minimum Gasteiger partial charge on any atom is -0.479 e. The maximum Gasteiger partial charge on any atom is 0.337 e. The highest BCUT2D eigenvalue weighted by atomic mass is 32.1. The third kappa shape index (κ3) is 3.92. The summed E-state index contributed by atoms with van der Waals surface area (Å²) in [7, 11) is 0. The molecule has 2 unspecified atom stereocenters. The van der Waals surface area contributed by atoms with Gasteiger partial charge in [0.1, 0.15) is 0 Å². The van der Waals surface area contributed by atoms with E-state index in [0.717, 1.165) is 28.8 Å². The van der Waals surface area contributed by atoms with Crippen molar-refractivity contribution >= 4 is 22.9 Å². The molecular weight excluding hydrogens is 320 g/mol. The number of carbonyl (C=O) groups is 1. The maximum atomic E-state index is 12.0. The maximum absolute atomic E-state index is 12.0. The monoisotopic (exact) mass is 350 g/mol. The molecule has 0 radical (unpaired) electrons. The van der Waals surface area contributed by atoms with Crippen molar-refractivity contribution in [3.05, 3.63) is 26.5 Å². The van der Waals surface area contributed by atoms with Crippen molar-refractivity contribution in [2.75, 3.05) is 0 Å². The number of thiophene rings is 1. The smallest absolute Gasteiger partial charge is 0.337 e. The van der Waals surface area contributed by atoms with Crippen LogP contribution in [-0.4, -0.2) is 16.7 Å². The molecule has 4 heteroatoms. The predicted octanol–water partition coefficient (Wildman–Crippen LogP) is 5.90. The number of ether oxygens (including phenoxy) is 1. The first-order chi connectivity index (χ1) is 11.0. The largest absolute Gasteiger partial charge is 0.479 e. The van der Waals surface area contributed by atoms with Crippen LogP contribution in [0.3, 0.4) is 0 Å². The molecule has 1 aliphatic carbocycles. The van der Waals surface area contributed by atoms with Gasteiger partial charge in [-0.3, -0.25) is 0 Å². The lowest BCUT2D eigenvalue weighted by atomic mass is 9.79. The number of rotatable bonds is 4. The van der Waals surface area contributed by atoms with E-state index in [-0.39, 0.29) is 0 Å². The summed E-state index contributed by atoms with van der Waals surface area (Å²) in [5.41, 5.74) is 4.24. The van der Waals surface area contributed by atoms with E-state index in [9.17, 15) is 9.90 Å². The van der Waals surface area contributed by atoms with Crippen LogP contribution in [0.15, 0.2) is 5.57 Å². The molecule has 3 nitrogen and oxygen atoms in total. The fraction of sp³-hybridized carbons (Fsp3) is 0.650. The van der Waals surface area contributed by atoms with Crippen molar-refractivity contribution in [2.45, 2.75) is 79.4 Å². The summed E-state index contributed by atoms with van der Waals surface area (Å²) in [4.78, 5) is 14.3. The Hall–Kier alpha value is -1.13. The van der Waals surface area contributed by atoms with Crippen LogP contribution in [-0.2, 0) is 9.53 Å². The van der Waals surface area contributed by atoms with Crippen LogP contribution in [0.5, 0.6) is 0 Å². The van der Waals surface area contributed by atoms with Gasteiger partial charge >= 0.3 is 5.97 Å². The standard InChI is InChI=1S/C20H30O3S/c1-11-9-8-10-12(2)15(11)16-13(3)24-14(4)17(16)18(19(21)22)23-20(5,6)7/h11,18H,8-10H2,1-7H3,(H,21,22). The topological polar surface area (TPSA) is 46.5 Å². The number of aliphatic carboxylic acids is 1. The van der Waals surface area contributed by atoms with E-state index >= 15 is 0 Å². The lowest BCUT2D eigenvalue weighted by Crippen LogP contribution is -2.28. The number of allylic oxidation sites excluding steroid dienone is 2. The molecule has 2 rings (SSSR count). The summed E-state index contributed by atoms with van der Waals surface area (Å²) in [6.07, 6.45) is 2.57. The summed E-state index contributed by atoms with van der Waals surface area (Å²) in [5.74, 6) is -0.442. The summed E-state index contributed by atoms with van der Waals surface area (Å²) in [5, 5.41) is 9.84. The van der Waals surface area contributed by atoms with E-state index in [4.69, 9.17) is 4.74 Å². The number of hydrogen-bond acceptors (Lipinski definition) is 3. The van der Waals surface area contributed by atoms with Crippen LogP contribution < -0.4 is 0 Å². The second-order valence-electron chi connectivity index (χ2n) is 7.94. The third-order valence-corrected chi connectivity index (χ3v) is 5.71. The third-order valence-electron chi connectivity index (χ3n) is 4.68. The fourth-order valence-electron chi connectivity index (χ4n) is 3.77. The molecule has 0 saturated heterocycles. The zero-order valence-electron chi connectivity index (χ0n) is 15.9. The Morgan fingerprint density at radius 1 is 1.25 bits per heavy atom. The fourth-order valence-corrected chi connectivity index (χ4v) is 4.87. The van der Waals surface area contributed by atoms with Crippen molar-refractivity contribution in [3.63, 3.8) is 0 Å². The lowest BCUT2D eigenvalue weighted by molar-refractivity contribution is -0.160.